The molecule has 4 N–H and O–H groups in total. The summed E-state index contributed by atoms with van der Waals surface area (Å²) in [6, 6.07) is 7.09. The molecule has 1 rings (SSSR count). The van der Waals surface area contributed by atoms with Crippen LogP contribution < -0.4 is 10.5 Å². The van der Waals surface area contributed by atoms with E-state index in [0.29, 0.717) is 12.1 Å². The number of hydrogen-bond acceptors (Lipinski definition) is 4. The Kier molecular flexibility index (Phi) is 5.34. The van der Waals surface area contributed by atoms with E-state index in [1.807, 2.05) is 26.0 Å². The minimum absolute atomic E-state index is 0.125. The van der Waals surface area contributed by atoms with Crippen LogP contribution in [0, 0.1) is 5.41 Å². The first kappa shape index (κ1) is 15.9. The van der Waals surface area contributed by atoms with E-state index in [2.05, 4.69) is 5.32 Å². The van der Waals surface area contributed by atoms with Crippen molar-refractivity contribution >= 4 is 15.7 Å². The van der Waals surface area contributed by atoms with E-state index in [0.717, 1.165) is 12.1 Å². The van der Waals surface area contributed by atoms with Gasteiger partial charge in [-0.2, -0.15) is 0 Å². The number of rotatable bonds is 7. The summed E-state index contributed by atoms with van der Waals surface area (Å²) in [4.78, 5) is 0. The lowest BCUT2D eigenvalue weighted by Crippen LogP contribution is -2.29. The normalized spacial score (nSPS) is 14.9. The van der Waals surface area contributed by atoms with Gasteiger partial charge in [0.1, 0.15) is 0 Å². The fraction of sp³-hybridized carbons (Fsp3) is 0.538. The molecule has 6 heteroatoms. The topological polar surface area (TPSA) is 92.4 Å². The standard InChI is InChI=1S/C13H22N2O3S/c1-3-13(2,10-16)9-15-12-6-4-11(5-7-12)8-19(14,17)18/h4-7,15-16H,3,8-10H2,1-2H3,(H2,14,17,18). The van der Waals surface area contributed by atoms with Gasteiger partial charge in [-0.25, -0.2) is 13.6 Å². The lowest BCUT2D eigenvalue weighted by molar-refractivity contribution is 0.149. The van der Waals surface area contributed by atoms with Crippen molar-refractivity contribution in [1.82, 2.24) is 0 Å². The van der Waals surface area contributed by atoms with E-state index in [9.17, 15) is 13.5 Å². The quantitative estimate of drug-likeness (QED) is 0.704. The first-order chi connectivity index (χ1) is 8.78. The summed E-state index contributed by atoms with van der Waals surface area (Å²) < 4.78 is 21.9. The Labute approximate surface area is 114 Å². The van der Waals surface area contributed by atoms with Gasteiger partial charge in [0.2, 0.25) is 10.0 Å². The van der Waals surface area contributed by atoms with Crippen LogP contribution in [0.15, 0.2) is 24.3 Å². The number of benzene rings is 1. The largest absolute Gasteiger partial charge is 0.396 e. The molecule has 0 spiro atoms. The zero-order valence-corrected chi connectivity index (χ0v) is 12.2. The van der Waals surface area contributed by atoms with Crippen molar-refractivity contribution in [2.24, 2.45) is 10.6 Å². The van der Waals surface area contributed by atoms with Crippen LogP contribution in [0.1, 0.15) is 25.8 Å². The molecule has 0 saturated carbocycles. The lowest BCUT2D eigenvalue weighted by atomic mass is 9.88. The van der Waals surface area contributed by atoms with Crippen LogP contribution in [-0.4, -0.2) is 26.7 Å². The molecule has 5 nitrogen and oxygen atoms in total. The third kappa shape index (κ3) is 5.59. The molecule has 0 fully saturated rings. The minimum atomic E-state index is -3.49. The van der Waals surface area contributed by atoms with E-state index < -0.39 is 10.0 Å². The number of nitrogens with one attached hydrogen (secondary N) is 1. The molecule has 19 heavy (non-hydrogen) atoms. The summed E-state index contributed by atoms with van der Waals surface area (Å²) in [6.07, 6.45) is 0.875. The molecule has 0 radical (unpaired) electrons. The fourth-order valence-electron chi connectivity index (χ4n) is 1.56. The van der Waals surface area contributed by atoms with Gasteiger partial charge in [-0.3, -0.25) is 0 Å². The van der Waals surface area contributed by atoms with Gasteiger partial charge in [-0.15, -0.1) is 0 Å². The first-order valence-corrected chi connectivity index (χ1v) is 7.94. The molecule has 0 bridgehead atoms. The molecule has 1 aromatic carbocycles. The molecular formula is C13H22N2O3S. The van der Waals surface area contributed by atoms with Crippen LogP contribution in [0.2, 0.25) is 0 Å². The maximum atomic E-state index is 11.0. The second-order valence-corrected chi connectivity index (χ2v) is 6.79. The third-order valence-electron chi connectivity index (χ3n) is 3.28. The molecule has 1 atom stereocenters. The van der Waals surface area contributed by atoms with E-state index in [1.54, 1.807) is 12.1 Å². The van der Waals surface area contributed by atoms with Crippen molar-refractivity contribution in [2.75, 3.05) is 18.5 Å². The highest BCUT2D eigenvalue weighted by atomic mass is 32.2. The van der Waals surface area contributed by atoms with E-state index >= 15 is 0 Å². The number of aliphatic hydroxyl groups excluding tert-OH is 1. The molecule has 0 aliphatic rings. The Morgan fingerprint density at radius 1 is 1.32 bits per heavy atom. The zero-order chi connectivity index (χ0) is 14.5. The van der Waals surface area contributed by atoms with Gasteiger partial charge in [0.05, 0.1) is 12.4 Å². The van der Waals surface area contributed by atoms with Gasteiger partial charge in [0.15, 0.2) is 0 Å². The van der Waals surface area contributed by atoms with Gasteiger partial charge < -0.3 is 10.4 Å². The van der Waals surface area contributed by atoms with Crippen molar-refractivity contribution in [3.63, 3.8) is 0 Å². The number of hydrogen-bond donors (Lipinski definition) is 3. The predicted octanol–water partition coefficient (Wildman–Crippen LogP) is 1.30. The van der Waals surface area contributed by atoms with Crippen molar-refractivity contribution in [3.05, 3.63) is 29.8 Å². The molecule has 0 aliphatic carbocycles. The molecule has 0 heterocycles. The maximum absolute atomic E-state index is 11.0. The SMILES string of the molecule is CCC(C)(CO)CNc1ccc(CS(N)(=O)=O)cc1. The van der Waals surface area contributed by atoms with Crippen LogP contribution in [0.3, 0.4) is 0 Å². The lowest BCUT2D eigenvalue weighted by Gasteiger charge is -2.26. The van der Waals surface area contributed by atoms with Gasteiger partial charge >= 0.3 is 0 Å². The fourth-order valence-corrected chi connectivity index (χ4v) is 2.22. The van der Waals surface area contributed by atoms with Crippen molar-refractivity contribution in [3.8, 4) is 0 Å². The summed E-state index contributed by atoms with van der Waals surface area (Å²) in [6.45, 7) is 4.83. The number of primary sulfonamides is 1. The highest BCUT2D eigenvalue weighted by Gasteiger charge is 2.20. The second kappa shape index (κ2) is 6.36. The van der Waals surface area contributed by atoms with Crippen LogP contribution >= 0.6 is 0 Å². The van der Waals surface area contributed by atoms with Crippen molar-refractivity contribution < 1.29 is 13.5 Å². The van der Waals surface area contributed by atoms with Crippen LogP contribution in [-0.2, 0) is 15.8 Å². The highest BCUT2D eigenvalue weighted by Crippen LogP contribution is 2.21. The summed E-state index contributed by atoms with van der Waals surface area (Å²) in [5.41, 5.74) is 1.40. The van der Waals surface area contributed by atoms with Gasteiger partial charge in [0, 0.05) is 17.6 Å². The number of aliphatic hydroxyl groups is 1. The summed E-state index contributed by atoms with van der Waals surface area (Å²) in [5.74, 6) is -0.156. The van der Waals surface area contributed by atoms with E-state index in [-0.39, 0.29) is 17.8 Å². The van der Waals surface area contributed by atoms with E-state index in [1.165, 1.54) is 0 Å². The Balaban J connectivity index is 2.63. The Hall–Kier alpha value is -1.11. The monoisotopic (exact) mass is 286 g/mol. The molecular weight excluding hydrogens is 264 g/mol. The molecule has 0 amide bonds. The second-order valence-electron chi connectivity index (χ2n) is 5.18. The van der Waals surface area contributed by atoms with E-state index in [4.69, 9.17) is 5.14 Å². The molecule has 1 aromatic rings. The average molecular weight is 286 g/mol. The smallest absolute Gasteiger partial charge is 0.213 e. The van der Waals surface area contributed by atoms with Gasteiger partial charge in [0.25, 0.3) is 0 Å². The molecule has 108 valence electrons. The van der Waals surface area contributed by atoms with Crippen LogP contribution in [0.4, 0.5) is 5.69 Å². The van der Waals surface area contributed by atoms with Crippen molar-refractivity contribution in [1.29, 1.82) is 0 Å². The van der Waals surface area contributed by atoms with Crippen LogP contribution in [0.25, 0.3) is 0 Å². The molecule has 0 aromatic heterocycles. The third-order valence-corrected chi connectivity index (χ3v) is 4.01. The number of sulfonamides is 1. The molecule has 1 unspecified atom stereocenters. The Morgan fingerprint density at radius 3 is 2.32 bits per heavy atom. The van der Waals surface area contributed by atoms with Crippen LogP contribution in [0.5, 0.6) is 0 Å². The van der Waals surface area contributed by atoms with Gasteiger partial charge in [-0.05, 0) is 24.1 Å². The number of nitrogens with two attached hydrogens (primary N) is 1. The molecule has 0 aliphatic heterocycles. The minimum Gasteiger partial charge on any atom is -0.396 e. The average Bonchev–Trinajstić information content (AvgIpc) is 2.36. The Bertz CT molecular complexity index is 493. The zero-order valence-electron chi connectivity index (χ0n) is 11.4. The first-order valence-electron chi connectivity index (χ1n) is 6.22. The summed E-state index contributed by atoms with van der Waals surface area (Å²) in [7, 11) is -3.49. The summed E-state index contributed by atoms with van der Waals surface area (Å²) >= 11 is 0. The number of anilines is 1. The maximum Gasteiger partial charge on any atom is 0.213 e. The highest BCUT2D eigenvalue weighted by molar-refractivity contribution is 7.88. The predicted molar refractivity (Wildman–Crippen MR) is 77.2 cm³/mol. The Morgan fingerprint density at radius 2 is 1.89 bits per heavy atom. The molecule has 0 saturated heterocycles. The van der Waals surface area contributed by atoms with Gasteiger partial charge in [-0.1, -0.05) is 26.0 Å². The van der Waals surface area contributed by atoms with Crippen molar-refractivity contribution in [2.45, 2.75) is 26.0 Å². The summed E-state index contributed by atoms with van der Waals surface area (Å²) in [5, 5.41) is 17.5.